The molecule has 6 nitrogen and oxygen atoms in total. The Bertz CT molecular complexity index is 389. The Morgan fingerprint density at radius 3 is 2.50 bits per heavy atom. The van der Waals surface area contributed by atoms with E-state index in [0.29, 0.717) is 0 Å². The van der Waals surface area contributed by atoms with Gasteiger partial charge in [0.25, 0.3) is 0 Å². The largest absolute Gasteiger partial charge is 0.480 e. The molecule has 1 saturated heterocycles. The molecule has 2 N–H and O–H groups in total. The molecule has 0 bridgehead atoms. The van der Waals surface area contributed by atoms with Gasteiger partial charge < -0.3 is 10.4 Å². The van der Waals surface area contributed by atoms with Crippen LogP contribution in [0.3, 0.4) is 0 Å². The van der Waals surface area contributed by atoms with Crippen molar-refractivity contribution in [3.63, 3.8) is 0 Å². The van der Waals surface area contributed by atoms with E-state index < -0.39 is 33.7 Å². The van der Waals surface area contributed by atoms with Gasteiger partial charge in [-0.2, -0.15) is 0 Å². The van der Waals surface area contributed by atoms with Crippen molar-refractivity contribution in [1.29, 1.82) is 0 Å². The lowest BCUT2D eigenvalue weighted by Crippen LogP contribution is -2.43. The lowest BCUT2D eigenvalue weighted by molar-refractivity contribution is -0.142. The summed E-state index contributed by atoms with van der Waals surface area (Å²) in [6.07, 6.45) is 0.560. The first-order chi connectivity index (χ1) is 7.35. The molecule has 1 aliphatic heterocycles. The molecule has 0 aromatic heterocycles. The Balaban J connectivity index is 2.57. The van der Waals surface area contributed by atoms with Gasteiger partial charge in [-0.15, -0.1) is 0 Å². The summed E-state index contributed by atoms with van der Waals surface area (Å²) in [5.74, 6) is -2.34. The van der Waals surface area contributed by atoms with Gasteiger partial charge in [-0.25, -0.2) is 13.2 Å². The van der Waals surface area contributed by atoms with Gasteiger partial charge in [0.1, 0.15) is 6.04 Å². The molecule has 0 aliphatic carbocycles. The fraction of sp³-hybridized carbons (Fsp3) is 0.778. The van der Waals surface area contributed by atoms with E-state index >= 15 is 0 Å². The summed E-state index contributed by atoms with van der Waals surface area (Å²) in [5.41, 5.74) is 0. The second-order valence-corrected chi connectivity index (χ2v) is 6.14. The van der Waals surface area contributed by atoms with E-state index in [1.165, 1.54) is 0 Å². The quantitative estimate of drug-likeness (QED) is 0.693. The first kappa shape index (κ1) is 13.0. The van der Waals surface area contributed by atoms with Crippen LogP contribution in [0.2, 0.25) is 0 Å². The highest BCUT2D eigenvalue weighted by Gasteiger charge is 2.34. The monoisotopic (exact) mass is 249 g/mol. The lowest BCUT2D eigenvalue weighted by atomic mass is 10.1. The molecule has 1 amide bonds. The molecule has 1 aliphatic rings. The first-order valence-electron chi connectivity index (χ1n) is 5.09. The van der Waals surface area contributed by atoms with Crippen molar-refractivity contribution < 1.29 is 23.1 Å². The molecule has 0 saturated carbocycles. The molecular weight excluding hydrogens is 234 g/mol. The van der Waals surface area contributed by atoms with Crippen LogP contribution in [-0.4, -0.2) is 42.9 Å². The fourth-order valence-corrected chi connectivity index (χ4v) is 3.37. The number of carboxylic acids is 1. The van der Waals surface area contributed by atoms with Crippen molar-refractivity contribution in [2.45, 2.75) is 25.8 Å². The Hall–Kier alpha value is -1.11. The van der Waals surface area contributed by atoms with Crippen molar-refractivity contribution in [3.8, 4) is 0 Å². The highest BCUT2D eigenvalue weighted by Crippen LogP contribution is 2.18. The van der Waals surface area contributed by atoms with Crippen LogP contribution < -0.4 is 5.32 Å². The van der Waals surface area contributed by atoms with Gasteiger partial charge in [0.15, 0.2) is 9.84 Å². The third-order valence-corrected chi connectivity index (χ3v) is 4.39. The minimum absolute atomic E-state index is 0.00888. The summed E-state index contributed by atoms with van der Waals surface area (Å²) in [4.78, 5) is 22.2. The van der Waals surface area contributed by atoms with Gasteiger partial charge in [0.05, 0.1) is 17.4 Å². The number of aliphatic carboxylic acids is 1. The maximum absolute atomic E-state index is 11.6. The van der Waals surface area contributed by atoms with Crippen LogP contribution in [0, 0.1) is 5.92 Å². The van der Waals surface area contributed by atoms with E-state index in [0.717, 1.165) is 0 Å². The van der Waals surface area contributed by atoms with Crippen LogP contribution in [0.1, 0.15) is 19.8 Å². The number of carbonyl (C=O) groups is 2. The van der Waals surface area contributed by atoms with E-state index in [4.69, 9.17) is 5.11 Å². The average Bonchev–Trinajstić information content (AvgIpc) is 2.54. The molecule has 1 fully saturated rings. The normalized spacial score (nSPS) is 24.9. The van der Waals surface area contributed by atoms with Crippen LogP contribution in [0.15, 0.2) is 0 Å². The number of rotatable bonds is 4. The molecule has 0 spiro atoms. The molecular formula is C9H15NO5S. The van der Waals surface area contributed by atoms with E-state index in [9.17, 15) is 18.0 Å². The Labute approximate surface area is 93.9 Å². The highest BCUT2D eigenvalue weighted by molar-refractivity contribution is 7.91. The zero-order valence-electron chi connectivity index (χ0n) is 8.97. The maximum Gasteiger partial charge on any atom is 0.326 e. The zero-order valence-corrected chi connectivity index (χ0v) is 9.79. The van der Waals surface area contributed by atoms with Crippen molar-refractivity contribution in [2.24, 2.45) is 5.92 Å². The van der Waals surface area contributed by atoms with Crippen LogP contribution in [0.25, 0.3) is 0 Å². The Morgan fingerprint density at radius 2 is 2.12 bits per heavy atom. The van der Waals surface area contributed by atoms with Crippen molar-refractivity contribution >= 4 is 21.7 Å². The number of carbonyl (C=O) groups excluding carboxylic acids is 1. The highest BCUT2D eigenvalue weighted by atomic mass is 32.2. The lowest BCUT2D eigenvalue weighted by Gasteiger charge is -2.14. The molecule has 92 valence electrons. The molecule has 0 aromatic rings. The first-order valence-corrected chi connectivity index (χ1v) is 6.91. The molecule has 0 aromatic carbocycles. The Kier molecular flexibility index (Phi) is 3.90. The van der Waals surface area contributed by atoms with Gasteiger partial charge >= 0.3 is 5.97 Å². The van der Waals surface area contributed by atoms with Gasteiger partial charge in [-0.05, 0) is 12.8 Å². The minimum Gasteiger partial charge on any atom is -0.480 e. The Morgan fingerprint density at radius 1 is 1.50 bits per heavy atom. The second-order valence-electron chi connectivity index (χ2n) is 3.91. The van der Waals surface area contributed by atoms with E-state index in [-0.39, 0.29) is 24.3 Å². The van der Waals surface area contributed by atoms with Crippen LogP contribution >= 0.6 is 0 Å². The number of amides is 1. The van der Waals surface area contributed by atoms with Crippen molar-refractivity contribution in [1.82, 2.24) is 5.32 Å². The van der Waals surface area contributed by atoms with Crippen molar-refractivity contribution in [2.75, 3.05) is 11.5 Å². The topological polar surface area (TPSA) is 101 Å². The molecule has 1 heterocycles. The SMILES string of the molecule is CC[C@@H](NC(=O)C1CCS(=O)(=O)C1)C(=O)O. The molecule has 0 radical (unpaired) electrons. The number of nitrogens with one attached hydrogen (secondary N) is 1. The fourth-order valence-electron chi connectivity index (χ4n) is 1.63. The predicted molar refractivity (Wildman–Crippen MR) is 56.6 cm³/mol. The molecule has 7 heteroatoms. The maximum atomic E-state index is 11.6. The zero-order chi connectivity index (χ0) is 12.3. The van der Waals surface area contributed by atoms with E-state index in [1.807, 2.05) is 0 Å². The smallest absolute Gasteiger partial charge is 0.326 e. The van der Waals surface area contributed by atoms with Gasteiger partial charge in [-0.1, -0.05) is 6.92 Å². The van der Waals surface area contributed by atoms with Crippen molar-refractivity contribution in [3.05, 3.63) is 0 Å². The molecule has 1 unspecified atom stereocenters. The summed E-state index contributed by atoms with van der Waals surface area (Å²) in [6, 6.07) is -0.934. The third kappa shape index (κ3) is 3.19. The van der Waals surface area contributed by atoms with Crippen LogP contribution in [0.4, 0.5) is 0 Å². The van der Waals surface area contributed by atoms with E-state index in [1.54, 1.807) is 6.92 Å². The summed E-state index contributed by atoms with van der Waals surface area (Å²) in [5, 5.41) is 11.1. The molecule has 2 atom stereocenters. The minimum atomic E-state index is -3.11. The number of carboxylic acid groups (broad SMARTS) is 1. The number of hydrogen-bond donors (Lipinski definition) is 2. The summed E-state index contributed by atoms with van der Waals surface area (Å²) >= 11 is 0. The molecule has 16 heavy (non-hydrogen) atoms. The standard InChI is InChI=1S/C9H15NO5S/c1-2-7(9(12)13)10-8(11)6-3-4-16(14,15)5-6/h6-7H,2-5H2,1H3,(H,10,11)(H,12,13)/t6?,7-/m1/s1. The summed E-state index contributed by atoms with van der Waals surface area (Å²) in [7, 11) is -3.11. The van der Waals surface area contributed by atoms with Gasteiger partial charge in [0.2, 0.25) is 5.91 Å². The van der Waals surface area contributed by atoms with Gasteiger partial charge in [0, 0.05) is 0 Å². The summed E-state index contributed by atoms with van der Waals surface area (Å²) in [6.45, 7) is 1.64. The third-order valence-electron chi connectivity index (χ3n) is 2.63. The van der Waals surface area contributed by atoms with Gasteiger partial charge in [-0.3, -0.25) is 4.79 Å². The predicted octanol–water partition coefficient (Wildman–Crippen LogP) is -0.599. The van der Waals surface area contributed by atoms with Crippen LogP contribution in [-0.2, 0) is 19.4 Å². The molecule has 1 rings (SSSR count). The van der Waals surface area contributed by atoms with Crippen LogP contribution in [0.5, 0.6) is 0 Å². The number of sulfone groups is 1. The summed E-state index contributed by atoms with van der Waals surface area (Å²) < 4.78 is 22.3. The second kappa shape index (κ2) is 4.82. The average molecular weight is 249 g/mol. The number of hydrogen-bond acceptors (Lipinski definition) is 4. The van der Waals surface area contributed by atoms with E-state index in [2.05, 4.69) is 5.32 Å².